The molecule has 0 heterocycles. The second-order valence-corrected chi connectivity index (χ2v) is 5.35. The van der Waals surface area contributed by atoms with Crippen molar-refractivity contribution in [3.8, 4) is 11.5 Å². The fourth-order valence-corrected chi connectivity index (χ4v) is 2.13. The summed E-state index contributed by atoms with van der Waals surface area (Å²) in [4.78, 5) is 0. The van der Waals surface area contributed by atoms with Gasteiger partial charge >= 0.3 is 6.18 Å². The number of halogens is 5. The number of para-hydroxylation sites is 1. The first kappa shape index (κ1) is 18.2. The molecule has 0 aliphatic carbocycles. The van der Waals surface area contributed by atoms with E-state index in [4.69, 9.17) is 10.5 Å². The largest absolute Gasteiger partial charge is 0.451 e. The van der Waals surface area contributed by atoms with Crippen LogP contribution in [0.15, 0.2) is 36.4 Å². The number of hydrogen-bond acceptors (Lipinski definition) is 2. The Morgan fingerprint density at radius 1 is 1.08 bits per heavy atom. The van der Waals surface area contributed by atoms with Crippen molar-refractivity contribution >= 4 is 0 Å². The molecule has 24 heavy (non-hydrogen) atoms. The SMILES string of the molecule is CCC(N)Cc1ccccc1Oc1c(F)cc(C(F)(F)F)cc1F. The van der Waals surface area contributed by atoms with Crippen LogP contribution < -0.4 is 10.5 Å². The van der Waals surface area contributed by atoms with Crippen molar-refractivity contribution in [3.63, 3.8) is 0 Å². The summed E-state index contributed by atoms with van der Waals surface area (Å²) >= 11 is 0. The molecule has 0 amide bonds. The molecule has 7 heteroatoms. The summed E-state index contributed by atoms with van der Waals surface area (Å²) in [6, 6.07) is 6.72. The molecule has 2 nitrogen and oxygen atoms in total. The summed E-state index contributed by atoms with van der Waals surface area (Å²) in [6.07, 6.45) is -3.74. The van der Waals surface area contributed by atoms with Crippen LogP contribution in [0.5, 0.6) is 11.5 Å². The van der Waals surface area contributed by atoms with E-state index in [1.165, 1.54) is 6.07 Å². The molecule has 0 spiro atoms. The third-order valence-electron chi connectivity index (χ3n) is 3.52. The summed E-state index contributed by atoms with van der Waals surface area (Å²) in [5, 5.41) is 0. The first-order valence-electron chi connectivity index (χ1n) is 7.30. The van der Waals surface area contributed by atoms with Gasteiger partial charge in [0.2, 0.25) is 0 Å². The minimum absolute atomic E-state index is 0.152. The highest BCUT2D eigenvalue weighted by Gasteiger charge is 2.33. The molecular formula is C17H16F5NO. The van der Waals surface area contributed by atoms with Gasteiger partial charge in [0.05, 0.1) is 5.56 Å². The lowest BCUT2D eigenvalue weighted by atomic mass is 10.0. The van der Waals surface area contributed by atoms with Gasteiger partial charge in [-0.3, -0.25) is 0 Å². The Morgan fingerprint density at radius 3 is 2.21 bits per heavy atom. The van der Waals surface area contributed by atoms with Crippen LogP contribution >= 0.6 is 0 Å². The van der Waals surface area contributed by atoms with Gasteiger partial charge in [-0.1, -0.05) is 25.1 Å². The van der Waals surface area contributed by atoms with E-state index in [0.717, 1.165) is 0 Å². The number of ether oxygens (including phenoxy) is 1. The highest BCUT2D eigenvalue weighted by Crippen LogP contribution is 2.36. The van der Waals surface area contributed by atoms with Gasteiger partial charge in [0, 0.05) is 6.04 Å². The standard InChI is InChI=1S/C17H16F5NO/c1-2-12(23)7-10-5-3-4-6-15(10)24-16-13(18)8-11(9-14(16)19)17(20,21)22/h3-6,8-9,12H,2,7,23H2,1H3. The molecule has 0 aliphatic heterocycles. The molecule has 2 N–H and O–H groups in total. The monoisotopic (exact) mass is 345 g/mol. The van der Waals surface area contributed by atoms with Crippen molar-refractivity contribution in [1.82, 2.24) is 0 Å². The van der Waals surface area contributed by atoms with Gasteiger partial charge in [0.15, 0.2) is 17.4 Å². The maximum atomic E-state index is 13.9. The summed E-state index contributed by atoms with van der Waals surface area (Å²) in [7, 11) is 0. The van der Waals surface area contributed by atoms with Crippen LogP contribution in [0, 0.1) is 11.6 Å². The Bertz CT molecular complexity index is 691. The van der Waals surface area contributed by atoms with Crippen molar-refractivity contribution in [2.75, 3.05) is 0 Å². The van der Waals surface area contributed by atoms with Gasteiger partial charge in [-0.25, -0.2) is 8.78 Å². The summed E-state index contributed by atoms with van der Waals surface area (Å²) < 4.78 is 70.7. The number of hydrogen-bond donors (Lipinski definition) is 1. The zero-order valence-electron chi connectivity index (χ0n) is 12.8. The molecular weight excluding hydrogens is 329 g/mol. The molecule has 0 radical (unpaired) electrons. The molecule has 0 saturated carbocycles. The maximum absolute atomic E-state index is 13.9. The molecule has 2 aromatic rings. The zero-order chi connectivity index (χ0) is 17.9. The van der Waals surface area contributed by atoms with Crippen LogP contribution in [0.3, 0.4) is 0 Å². The van der Waals surface area contributed by atoms with E-state index in [1.807, 2.05) is 6.92 Å². The number of benzene rings is 2. The molecule has 0 aliphatic rings. The van der Waals surface area contributed by atoms with Gasteiger partial charge in [-0.05, 0) is 36.6 Å². The normalized spacial score (nSPS) is 13.0. The minimum Gasteiger partial charge on any atom is -0.451 e. The average molecular weight is 345 g/mol. The van der Waals surface area contributed by atoms with Crippen molar-refractivity contribution in [1.29, 1.82) is 0 Å². The second-order valence-electron chi connectivity index (χ2n) is 5.35. The van der Waals surface area contributed by atoms with E-state index < -0.39 is 29.1 Å². The molecule has 0 bridgehead atoms. The molecule has 1 atom stereocenters. The van der Waals surface area contributed by atoms with E-state index >= 15 is 0 Å². The second kappa shape index (κ2) is 7.17. The smallest absolute Gasteiger partial charge is 0.416 e. The Labute approximate surface area is 136 Å². The Balaban J connectivity index is 2.36. The predicted molar refractivity (Wildman–Crippen MR) is 79.8 cm³/mol. The van der Waals surface area contributed by atoms with Gasteiger partial charge in [0.25, 0.3) is 0 Å². The molecule has 0 fully saturated rings. The van der Waals surface area contributed by atoms with Crippen LogP contribution in [-0.4, -0.2) is 6.04 Å². The first-order valence-corrected chi connectivity index (χ1v) is 7.30. The topological polar surface area (TPSA) is 35.2 Å². The van der Waals surface area contributed by atoms with Gasteiger partial charge in [-0.15, -0.1) is 0 Å². The zero-order valence-corrected chi connectivity index (χ0v) is 12.8. The fourth-order valence-electron chi connectivity index (χ4n) is 2.13. The van der Waals surface area contributed by atoms with Crippen molar-refractivity contribution in [3.05, 3.63) is 59.2 Å². The van der Waals surface area contributed by atoms with Crippen LogP contribution in [0.25, 0.3) is 0 Å². The molecule has 0 saturated heterocycles. The molecule has 2 aromatic carbocycles. The number of rotatable bonds is 5. The Hall–Kier alpha value is -2.15. The lowest BCUT2D eigenvalue weighted by Gasteiger charge is -2.15. The highest BCUT2D eigenvalue weighted by atomic mass is 19.4. The van der Waals surface area contributed by atoms with Gasteiger partial charge in [-0.2, -0.15) is 13.2 Å². The lowest BCUT2D eigenvalue weighted by Crippen LogP contribution is -2.21. The molecule has 0 aromatic heterocycles. The Morgan fingerprint density at radius 2 is 1.67 bits per heavy atom. The van der Waals surface area contributed by atoms with Crippen molar-refractivity contribution in [2.45, 2.75) is 32.0 Å². The van der Waals surface area contributed by atoms with E-state index in [0.29, 0.717) is 18.4 Å². The van der Waals surface area contributed by atoms with Gasteiger partial charge < -0.3 is 10.5 Å². The molecule has 130 valence electrons. The van der Waals surface area contributed by atoms with Crippen LogP contribution in [0.1, 0.15) is 24.5 Å². The minimum atomic E-state index is -4.84. The summed E-state index contributed by atoms with van der Waals surface area (Å²) in [5.41, 5.74) is 5.07. The Kier molecular flexibility index (Phi) is 5.43. The lowest BCUT2D eigenvalue weighted by molar-refractivity contribution is -0.138. The predicted octanol–water partition coefficient (Wildman–Crippen LogP) is 5.06. The van der Waals surface area contributed by atoms with Crippen molar-refractivity contribution in [2.24, 2.45) is 5.73 Å². The summed E-state index contributed by atoms with van der Waals surface area (Å²) in [5.74, 6) is -3.56. The van der Waals surface area contributed by atoms with E-state index in [2.05, 4.69) is 0 Å². The van der Waals surface area contributed by atoms with Crippen molar-refractivity contribution < 1.29 is 26.7 Å². The average Bonchev–Trinajstić information content (AvgIpc) is 2.51. The maximum Gasteiger partial charge on any atom is 0.416 e. The summed E-state index contributed by atoms with van der Waals surface area (Å²) in [6.45, 7) is 1.89. The number of alkyl halides is 3. The van der Waals surface area contributed by atoms with Crippen LogP contribution in [0.4, 0.5) is 22.0 Å². The van der Waals surface area contributed by atoms with E-state index in [-0.39, 0.29) is 23.9 Å². The molecule has 2 rings (SSSR count). The molecule has 1 unspecified atom stereocenters. The van der Waals surface area contributed by atoms with E-state index in [1.54, 1.807) is 18.2 Å². The van der Waals surface area contributed by atoms with Gasteiger partial charge in [0.1, 0.15) is 5.75 Å². The number of nitrogens with two attached hydrogens (primary N) is 1. The third-order valence-corrected chi connectivity index (χ3v) is 3.52. The van der Waals surface area contributed by atoms with E-state index in [9.17, 15) is 22.0 Å². The first-order chi connectivity index (χ1) is 11.2. The third kappa shape index (κ3) is 4.23. The fraction of sp³-hybridized carbons (Fsp3) is 0.294. The highest BCUT2D eigenvalue weighted by molar-refractivity contribution is 5.40. The van der Waals surface area contributed by atoms with Crippen LogP contribution in [0.2, 0.25) is 0 Å². The van der Waals surface area contributed by atoms with Crippen LogP contribution in [-0.2, 0) is 12.6 Å². The quantitative estimate of drug-likeness (QED) is 0.769.